The van der Waals surface area contributed by atoms with Gasteiger partial charge in [0.2, 0.25) is 0 Å². The quantitative estimate of drug-likeness (QED) is 0.0884. The normalized spacial score (nSPS) is 11.2. The van der Waals surface area contributed by atoms with E-state index in [-0.39, 0.29) is 28.8 Å². The van der Waals surface area contributed by atoms with Gasteiger partial charge in [-0.05, 0) is 104 Å². The number of nitrogens with zero attached hydrogens (tertiary/aromatic N) is 12. The molecule has 12 heterocycles. The molecule has 91 heavy (non-hydrogen) atoms. The Morgan fingerprint density at radius 3 is 1.29 bits per heavy atom. The number of hydrogen-bond acceptors (Lipinski definition) is 16. The first-order valence-electron chi connectivity index (χ1n) is 28.0. The highest BCUT2D eigenvalue weighted by atomic mass is 35.5. The Morgan fingerprint density at radius 2 is 0.824 bits per heavy atom. The van der Waals surface area contributed by atoms with Crippen LogP contribution in [0.3, 0.4) is 0 Å². The highest BCUT2D eigenvalue weighted by molar-refractivity contribution is 6.30. The third-order valence-corrected chi connectivity index (χ3v) is 15.3. The second-order valence-corrected chi connectivity index (χ2v) is 21.1. The number of H-pyrrole nitrogens is 4. The Hall–Kier alpha value is -12.2. The maximum absolute atomic E-state index is 12.7. The largest absolute Gasteiger partial charge is 0.497 e. The van der Waals surface area contributed by atoms with Gasteiger partial charge in [-0.3, -0.25) is 74.5 Å². The number of pyridine rings is 8. The molecule has 0 fully saturated rings. The standard InChI is InChI=1S/2C17H14N4O2.C16H11ClN4O2.C16H12N4O2/c1-10-7-13-15(9-18-10)19-8-14-16(13)20-21(17(14)22)11-3-5-12(23-2)6-4-11;1-10-6-13-15(9-18-10)19-8-14-16(13)20-21(17(14)22)11-4-3-5-12(7-11)23-2;1-23-10-4-2-3-9(5-10)21-16(22)12-7-18-13-8-19-14(17)6-11(13)15(12)20-21;21-9-10-3-4-12-14(6-10)18-8-13-15(12)19-20(16(13)22)11-2-1-5-17-7-11/h2*3-9,20H,1-2H3;2-8,20H,1H3;1-8,19,21H,9H2. The van der Waals surface area contributed by atoms with E-state index in [0.29, 0.717) is 66.3 Å². The second-order valence-electron chi connectivity index (χ2n) is 20.7. The lowest BCUT2D eigenvalue weighted by Crippen LogP contribution is -2.14. The van der Waals surface area contributed by atoms with Crippen molar-refractivity contribution in [2.45, 2.75) is 20.5 Å². The van der Waals surface area contributed by atoms with Crippen LogP contribution in [0.25, 0.3) is 110 Å². The van der Waals surface area contributed by atoms with Crippen molar-refractivity contribution in [3.8, 4) is 40.0 Å². The van der Waals surface area contributed by atoms with Gasteiger partial charge in [-0.2, -0.15) is 0 Å². The van der Waals surface area contributed by atoms with Crippen molar-refractivity contribution in [2.75, 3.05) is 21.3 Å². The maximum atomic E-state index is 12.7. The first-order chi connectivity index (χ1) is 44.3. The number of fused-ring (bicyclic) bond motifs is 12. The molecule has 0 aliphatic rings. The van der Waals surface area contributed by atoms with Crippen molar-refractivity contribution in [1.29, 1.82) is 0 Å². The minimum absolute atomic E-state index is 0.0388. The molecule has 0 aliphatic carbocycles. The Labute approximate surface area is 517 Å². The summed E-state index contributed by atoms with van der Waals surface area (Å²) in [7, 11) is 4.79. The Kier molecular flexibility index (Phi) is 15.4. The minimum atomic E-state index is -0.185. The number of ether oxygens (including phenoxy) is 3. The van der Waals surface area contributed by atoms with Gasteiger partial charge < -0.3 is 19.3 Å². The fourth-order valence-electron chi connectivity index (χ4n) is 10.5. The molecule has 0 unspecified atom stereocenters. The number of methoxy groups -OCH3 is 3. The van der Waals surface area contributed by atoms with E-state index in [9.17, 15) is 24.3 Å². The van der Waals surface area contributed by atoms with Crippen LogP contribution in [0.15, 0.2) is 196 Å². The topological polar surface area (TPSA) is 302 Å². The molecule has 0 radical (unpaired) electrons. The van der Waals surface area contributed by atoms with Gasteiger partial charge in [-0.1, -0.05) is 35.9 Å². The van der Waals surface area contributed by atoms with Crippen LogP contribution in [0.2, 0.25) is 5.15 Å². The highest BCUT2D eigenvalue weighted by Gasteiger charge is 2.18. The molecule has 24 nitrogen and oxygen atoms in total. The van der Waals surface area contributed by atoms with Gasteiger partial charge >= 0.3 is 0 Å². The molecule has 0 saturated heterocycles. The third kappa shape index (κ3) is 11.0. The SMILES string of the molecule is COc1ccc(-n2[nH]c3c(cnc4cnc(C)cc43)c2=O)cc1.COc1cccc(-n2[nH]c3c(cnc4cnc(C)cc43)c2=O)c1.COc1cccc(-n2[nH]c3c(cnc4cnc(Cl)cc43)c2=O)c1.O=c1c2cnc3cc(CO)ccc3c2[nH]n1-c1cccnc1. The molecule has 5 N–H and O–H groups in total. The van der Waals surface area contributed by atoms with Gasteiger partial charge in [0.05, 0.1) is 141 Å². The van der Waals surface area contributed by atoms with Crippen LogP contribution in [-0.4, -0.2) is 105 Å². The van der Waals surface area contributed by atoms with Crippen LogP contribution in [0, 0.1) is 13.8 Å². The molecular formula is C66H51ClN16O8. The first kappa shape index (κ1) is 57.9. The zero-order valence-corrected chi connectivity index (χ0v) is 49.8. The van der Waals surface area contributed by atoms with Crippen molar-refractivity contribution in [1.82, 2.24) is 79.0 Å². The first-order valence-corrected chi connectivity index (χ1v) is 28.4. The fourth-order valence-corrected chi connectivity index (χ4v) is 10.7. The Bertz CT molecular complexity index is 5540. The molecule has 16 aromatic rings. The maximum Gasteiger partial charge on any atom is 0.280 e. The average Bonchev–Trinajstić information content (AvgIpc) is 1.79. The van der Waals surface area contributed by atoms with Crippen LogP contribution in [0.4, 0.5) is 0 Å². The Balaban J connectivity index is 0.000000111. The fraction of sp³-hybridized carbons (Fsp3) is 0.0909. The van der Waals surface area contributed by atoms with Gasteiger partial charge in [0.25, 0.3) is 22.2 Å². The number of aromatic nitrogens is 16. The molecule has 12 aromatic heterocycles. The molecule has 0 atom stereocenters. The molecule has 0 saturated carbocycles. The smallest absolute Gasteiger partial charge is 0.280 e. The predicted molar refractivity (Wildman–Crippen MR) is 348 cm³/mol. The van der Waals surface area contributed by atoms with Crippen LogP contribution in [0.5, 0.6) is 17.2 Å². The summed E-state index contributed by atoms with van der Waals surface area (Å²) in [5.74, 6) is 2.10. The molecule has 0 spiro atoms. The van der Waals surface area contributed by atoms with Gasteiger partial charge in [-0.15, -0.1) is 0 Å². The summed E-state index contributed by atoms with van der Waals surface area (Å²) < 4.78 is 21.5. The Morgan fingerprint density at radius 1 is 0.396 bits per heavy atom. The van der Waals surface area contributed by atoms with Crippen molar-refractivity contribution in [3.63, 3.8) is 0 Å². The van der Waals surface area contributed by atoms with E-state index in [1.807, 2.05) is 111 Å². The summed E-state index contributed by atoms with van der Waals surface area (Å²) in [6.07, 6.45) is 14.6. The van der Waals surface area contributed by atoms with E-state index >= 15 is 0 Å². The lowest BCUT2D eigenvalue weighted by Gasteiger charge is -2.04. The van der Waals surface area contributed by atoms with E-state index < -0.39 is 0 Å². The number of aryl methyl sites for hydroxylation is 2. The predicted octanol–water partition coefficient (Wildman–Crippen LogP) is 9.84. The summed E-state index contributed by atoms with van der Waals surface area (Å²) in [6, 6.07) is 36.5. The highest BCUT2D eigenvalue weighted by Crippen LogP contribution is 2.27. The van der Waals surface area contributed by atoms with Crippen LogP contribution in [0.1, 0.15) is 17.0 Å². The molecule has 25 heteroatoms. The van der Waals surface area contributed by atoms with Crippen molar-refractivity contribution >= 4 is 98.8 Å². The molecular weight excluding hydrogens is 1180 g/mol. The summed E-state index contributed by atoms with van der Waals surface area (Å²) in [5.41, 5.74) is 10.6. The molecule has 0 amide bonds. The summed E-state index contributed by atoms with van der Waals surface area (Å²) in [5, 5.41) is 27.6. The zero-order chi connectivity index (χ0) is 63.0. The number of rotatable bonds is 8. The zero-order valence-electron chi connectivity index (χ0n) is 49.0. The minimum Gasteiger partial charge on any atom is -0.497 e. The molecule has 450 valence electrons. The number of nitrogens with one attached hydrogen (secondary N) is 4. The number of halogens is 1. The molecule has 0 bridgehead atoms. The van der Waals surface area contributed by atoms with Gasteiger partial charge in [0, 0.05) is 76.0 Å². The number of hydrogen-bond donors (Lipinski definition) is 5. The second kappa shape index (κ2) is 24.2. The molecule has 4 aromatic carbocycles. The van der Waals surface area contributed by atoms with E-state index in [4.69, 9.17) is 25.8 Å². The van der Waals surface area contributed by atoms with Crippen molar-refractivity contribution in [3.05, 3.63) is 241 Å². The number of aromatic amines is 4. The van der Waals surface area contributed by atoms with Gasteiger partial charge in [0.15, 0.2) is 0 Å². The van der Waals surface area contributed by atoms with E-state index in [1.54, 1.807) is 101 Å². The van der Waals surface area contributed by atoms with Gasteiger partial charge in [-0.25, -0.2) is 23.7 Å². The lowest BCUT2D eigenvalue weighted by atomic mass is 10.1. The number of aliphatic hydroxyl groups is 1. The van der Waals surface area contributed by atoms with E-state index in [1.165, 1.54) is 18.7 Å². The van der Waals surface area contributed by atoms with Crippen LogP contribution >= 0.6 is 11.6 Å². The lowest BCUT2D eigenvalue weighted by molar-refractivity contribution is 0.282. The monoisotopic (exact) mass is 1230 g/mol. The van der Waals surface area contributed by atoms with Crippen molar-refractivity contribution < 1.29 is 19.3 Å². The molecule has 16 rings (SSSR count). The van der Waals surface area contributed by atoms with Crippen LogP contribution < -0.4 is 36.4 Å². The van der Waals surface area contributed by atoms with Crippen LogP contribution in [-0.2, 0) is 6.61 Å². The summed E-state index contributed by atoms with van der Waals surface area (Å²) in [6.45, 7) is 3.79. The van der Waals surface area contributed by atoms with Crippen molar-refractivity contribution in [2.24, 2.45) is 0 Å². The molecule has 0 aliphatic heterocycles. The van der Waals surface area contributed by atoms with E-state index in [0.717, 1.165) is 83.0 Å². The van der Waals surface area contributed by atoms with E-state index in [2.05, 4.69) is 60.3 Å². The third-order valence-electron chi connectivity index (χ3n) is 15.1. The summed E-state index contributed by atoms with van der Waals surface area (Å²) >= 11 is 5.97. The number of benzene rings is 4. The number of aliphatic hydroxyl groups excluding tert-OH is 1. The summed E-state index contributed by atoms with van der Waals surface area (Å²) in [4.78, 5) is 84.3. The average molecular weight is 1230 g/mol. The van der Waals surface area contributed by atoms with Gasteiger partial charge in [0.1, 0.15) is 22.4 Å².